The number of H-pyrrole nitrogens is 1. The third-order valence-corrected chi connectivity index (χ3v) is 7.18. The summed E-state index contributed by atoms with van der Waals surface area (Å²) < 4.78 is 10.9. The predicted octanol–water partition coefficient (Wildman–Crippen LogP) is 2.71. The van der Waals surface area contributed by atoms with Gasteiger partial charge in [0.05, 0.1) is 19.6 Å². The smallest absolute Gasteiger partial charge is 0.308 e. The van der Waals surface area contributed by atoms with Crippen LogP contribution < -0.4 is 4.74 Å². The number of aromatic nitrogens is 2. The number of nitrogens with one attached hydrogen (secondary N) is 1. The van der Waals surface area contributed by atoms with Crippen molar-refractivity contribution in [2.75, 3.05) is 33.4 Å². The van der Waals surface area contributed by atoms with Crippen LogP contribution in [-0.2, 0) is 35.5 Å². The number of hydrogen-bond donors (Lipinski definition) is 1. The molecule has 3 heterocycles. The normalized spacial score (nSPS) is 19.2. The summed E-state index contributed by atoms with van der Waals surface area (Å²) in [6, 6.07) is 6.29. The highest BCUT2D eigenvalue weighted by Gasteiger charge is 2.28. The first-order valence-electron chi connectivity index (χ1n) is 12.0. The van der Waals surface area contributed by atoms with Crippen LogP contribution in [0.15, 0.2) is 18.2 Å². The minimum absolute atomic E-state index is 0.0128. The van der Waals surface area contributed by atoms with Crippen molar-refractivity contribution in [3.05, 3.63) is 46.3 Å². The molecule has 5 rings (SSSR count). The molecule has 1 N–H and O–H groups in total. The number of carbonyl (C=O) groups excluding carboxylic acids is 2. The van der Waals surface area contributed by atoms with Gasteiger partial charge in [-0.05, 0) is 69.3 Å². The van der Waals surface area contributed by atoms with Crippen LogP contribution in [0.2, 0.25) is 0 Å². The maximum atomic E-state index is 13.3. The second kappa shape index (κ2) is 9.55. The summed E-state index contributed by atoms with van der Waals surface area (Å²) in [6.07, 6.45) is 5.82. The van der Waals surface area contributed by atoms with E-state index in [1.54, 1.807) is 0 Å². The number of hydrogen-bond acceptors (Lipinski definition) is 6. The van der Waals surface area contributed by atoms with E-state index in [1.807, 2.05) is 11.0 Å². The molecule has 1 aromatic carbocycles. The van der Waals surface area contributed by atoms with Gasteiger partial charge in [0.15, 0.2) is 5.69 Å². The molecule has 1 fully saturated rings. The number of aryl methyl sites for hydroxylation is 1. The number of ether oxygens (including phenoxy) is 2. The molecule has 2 aromatic rings. The van der Waals surface area contributed by atoms with E-state index in [1.165, 1.54) is 12.7 Å². The molecule has 1 aliphatic carbocycles. The van der Waals surface area contributed by atoms with Gasteiger partial charge >= 0.3 is 5.97 Å². The van der Waals surface area contributed by atoms with Crippen LogP contribution in [0.5, 0.6) is 5.75 Å². The second-order valence-electron chi connectivity index (χ2n) is 9.33. The van der Waals surface area contributed by atoms with E-state index < -0.39 is 0 Å². The first kappa shape index (κ1) is 21.9. The largest absolute Gasteiger partial charge is 0.491 e. The number of carbonyl (C=O) groups is 2. The lowest BCUT2D eigenvalue weighted by atomic mass is 9.95. The van der Waals surface area contributed by atoms with Crippen molar-refractivity contribution < 1.29 is 19.1 Å². The minimum atomic E-state index is -0.0974. The van der Waals surface area contributed by atoms with Crippen molar-refractivity contribution in [3.8, 4) is 5.75 Å². The molecule has 0 radical (unpaired) electrons. The number of fused-ring (bicyclic) bond motifs is 2. The molecule has 1 aromatic heterocycles. The van der Waals surface area contributed by atoms with Crippen molar-refractivity contribution in [2.24, 2.45) is 5.92 Å². The van der Waals surface area contributed by atoms with Crippen molar-refractivity contribution in [1.82, 2.24) is 20.0 Å². The van der Waals surface area contributed by atoms with E-state index in [2.05, 4.69) is 27.2 Å². The number of likely N-dealkylation sites (tertiary alicyclic amines) is 1. The molecule has 3 aliphatic rings. The second-order valence-corrected chi connectivity index (χ2v) is 9.33. The van der Waals surface area contributed by atoms with Crippen molar-refractivity contribution in [2.45, 2.75) is 51.6 Å². The van der Waals surface area contributed by atoms with E-state index in [9.17, 15) is 9.59 Å². The Kier molecular flexibility index (Phi) is 6.35. The predicted molar refractivity (Wildman–Crippen MR) is 122 cm³/mol. The molecule has 0 atom stereocenters. The van der Waals surface area contributed by atoms with Gasteiger partial charge in [0.1, 0.15) is 12.4 Å². The molecule has 8 nitrogen and oxygen atoms in total. The van der Waals surface area contributed by atoms with Crippen molar-refractivity contribution >= 4 is 11.9 Å². The highest BCUT2D eigenvalue weighted by Crippen LogP contribution is 2.28. The molecule has 8 heteroatoms. The SMILES string of the molecule is COC(=O)C1CCN(Cc2ccc3c(c2)CN(C(=O)c2n[nH]c4c2CCCC4)CCO3)CC1. The Balaban J connectivity index is 1.27. The number of piperidine rings is 1. The Labute approximate surface area is 194 Å². The molecule has 1 saturated heterocycles. The van der Waals surface area contributed by atoms with Crippen LogP contribution in [0.25, 0.3) is 0 Å². The molecule has 176 valence electrons. The highest BCUT2D eigenvalue weighted by atomic mass is 16.5. The number of amides is 1. The third kappa shape index (κ3) is 4.62. The van der Waals surface area contributed by atoms with Crippen LogP contribution in [0.1, 0.15) is 58.6 Å². The number of methoxy groups -OCH3 is 1. The summed E-state index contributed by atoms with van der Waals surface area (Å²) in [5, 5.41) is 7.47. The molecule has 0 spiro atoms. The Bertz CT molecular complexity index is 1030. The Hall–Kier alpha value is -2.87. The lowest BCUT2D eigenvalue weighted by Crippen LogP contribution is -2.36. The molecular formula is C25H32N4O4. The summed E-state index contributed by atoms with van der Waals surface area (Å²) in [7, 11) is 1.46. The van der Waals surface area contributed by atoms with Crippen LogP contribution in [-0.4, -0.2) is 65.2 Å². The van der Waals surface area contributed by atoms with Gasteiger partial charge in [-0.15, -0.1) is 0 Å². The summed E-state index contributed by atoms with van der Waals surface area (Å²) >= 11 is 0. The van der Waals surface area contributed by atoms with E-state index in [0.29, 0.717) is 25.4 Å². The molecule has 2 aliphatic heterocycles. The number of aromatic amines is 1. The van der Waals surface area contributed by atoms with Crippen LogP contribution in [0.3, 0.4) is 0 Å². The van der Waals surface area contributed by atoms with Crippen LogP contribution in [0.4, 0.5) is 0 Å². The van der Waals surface area contributed by atoms with Gasteiger partial charge in [-0.25, -0.2) is 0 Å². The number of esters is 1. The van der Waals surface area contributed by atoms with E-state index >= 15 is 0 Å². The standard InChI is InChI=1S/C25H32N4O4/c1-32-25(31)18-8-10-28(11-9-18)15-17-6-7-22-19(14-17)16-29(12-13-33-22)24(30)23-20-4-2-3-5-21(20)26-27-23/h6-7,14,18H,2-5,8-13,15-16H2,1H3,(H,26,27). The zero-order chi connectivity index (χ0) is 22.8. The molecule has 33 heavy (non-hydrogen) atoms. The van der Waals surface area contributed by atoms with Gasteiger partial charge in [0.25, 0.3) is 5.91 Å². The fourth-order valence-corrected chi connectivity index (χ4v) is 5.28. The fourth-order valence-electron chi connectivity index (χ4n) is 5.28. The maximum Gasteiger partial charge on any atom is 0.308 e. The maximum absolute atomic E-state index is 13.3. The summed E-state index contributed by atoms with van der Waals surface area (Å²) in [5.41, 5.74) is 5.03. The minimum Gasteiger partial charge on any atom is -0.491 e. The average molecular weight is 453 g/mol. The third-order valence-electron chi connectivity index (χ3n) is 7.18. The highest BCUT2D eigenvalue weighted by molar-refractivity contribution is 5.94. The van der Waals surface area contributed by atoms with Gasteiger partial charge in [-0.2, -0.15) is 5.10 Å². The van der Waals surface area contributed by atoms with Gasteiger partial charge in [-0.3, -0.25) is 19.6 Å². The first-order valence-corrected chi connectivity index (χ1v) is 12.0. The van der Waals surface area contributed by atoms with Gasteiger partial charge < -0.3 is 14.4 Å². The van der Waals surface area contributed by atoms with Crippen LogP contribution in [0, 0.1) is 5.92 Å². The molecule has 0 saturated carbocycles. The van der Waals surface area contributed by atoms with E-state index in [4.69, 9.17) is 9.47 Å². The summed E-state index contributed by atoms with van der Waals surface area (Å²) in [4.78, 5) is 29.4. The molecular weight excluding hydrogens is 420 g/mol. The molecule has 1 amide bonds. The lowest BCUT2D eigenvalue weighted by Gasteiger charge is -2.30. The number of nitrogens with zero attached hydrogens (tertiary/aromatic N) is 3. The monoisotopic (exact) mass is 452 g/mol. The molecule has 0 unspecified atom stereocenters. The van der Waals surface area contributed by atoms with E-state index in [-0.39, 0.29) is 17.8 Å². The molecule has 0 bridgehead atoms. The Morgan fingerprint density at radius 1 is 1.18 bits per heavy atom. The fraction of sp³-hybridized carbons (Fsp3) is 0.560. The van der Waals surface area contributed by atoms with Gasteiger partial charge in [0.2, 0.25) is 0 Å². The zero-order valence-corrected chi connectivity index (χ0v) is 19.3. The number of rotatable bonds is 4. The van der Waals surface area contributed by atoms with Gasteiger partial charge in [-0.1, -0.05) is 6.07 Å². The quantitative estimate of drug-likeness (QED) is 0.718. The summed E-state index contributed by atoms with van der Waals surface area (Å²) in [5.74, 6) is 0.752. The lowest BCUT2D eigenvalue weighted by molar-refractivity contribution is -0.147. The first-order chi connectivity index (χ1) is 16.1. The van der Waals surface area contributed by atoms with Gasteiger partial charge in [0, 0.05) is 29.9 Å². The zero-order valence-electron chi connectivity index (χ0n) is 19.3. The summed E-state index contributed by atoms with van der Waals surface area (Å²) in [6.45, 7) is 4.12. The topological polar surface area (TPSA) is 87.8 Å². The Morgan fingerprint density at radius 2 is 2.00 bits per heavy atom. The average Bonchev–Trinajstić information content (AvgIpc) is 3.16. The number of benzene rings is 1. The van der Waals surface area contributed by atoms with Crippen molar-refractivity contribution in [3.63, 3.8) is 0 Å². The Morgan fingerprint density at radius 3 is 2.82 bits per heavy atom. The van der Waals surface area contributed by atoms with Crippen molar-refractivity contribution in [1.29, 1.82) is 0 Å². The van der Waals surface area contributed by atoms with E-state index in [0.717, 1.165) is 80.7 Å². The van der Waals surface area contributed by atoms with Crippen LogP contribution >= 0.6 is 0 Å².